The van der Waals surface area contributed by atoms with Crippen molar-refractivity contribution in [1.82, 2.24) is 14.9 Å². The molecule has 0 aliphatic heterocycles. The first-order valence-corrected chi connectivity index (χ1v) is 11.7. The van der Waals surface area contributed by atoms with Crippen LogP contribution in [0.5, 0.6) is 5.75 Å². The zero-order valence-corrected chi connectivity index (χ0v) is 19.5. The number of amides is 1. The zero-order valence-electron chi connectivity index (χ0n) is 18.8. The Bertz CT molecular complexity index is 1240. The summed E-state index contributed by atoms with van der Waals surface area (Å²) in [6.45, 7) is 4.08. The maximum absolute atomic E-state index is 12.5. The van der Waals surface area contributed by atoms with Gasteiger partial charge in [-0.1, -0.05) is 54.1 Å². The minimum Gasteiger partial charge on any atom is -0.493 e. The first-order valence-electron chi connectivity index (χ1n) is 11.3. The van der Waals surface area contributed by atoms with Crippen LogP contribution in [-0.2, 0) is 13.0 Å². The number of aromatic nitrogens is 2. The molecule has 0 saturated carbocycles. The molecule has 1 heterocycles. The normalized spacial score (nSPS) is 11.0. The van der Waals surface area contributed by atoms with Crippen LogP contribution in [0.4, 0.5) is 0 Å². The van der Waals surface area contributed by atoms with E-state index in [1.807, 2.05) is 48.5 Å². The number of ether oxygens (including phenoxy) is 1. The molecule has 0 atom stereocenters. The van der Waals surface area contributed by atoms with Crippen molar-refractivity contribution in [3.63, 3.8) is 0 Å². The highest BCUT2D eigenvalue weighted by Crippen LogP contribution is 2.19. The Hall–Kier alpha value is -3.31. The molecule has 1 amide bonds. The van der Waals surface area contributed by atoms with Crippen LogP contribution in [0.25, 0.3) is 11.0 Å². The smallest absolute Gasteiger partial charge is 0.252 e. The minimum atomic E-state index is -0.170. The van der Waals surface area contributed by atoms with Crippen molar-refractivity contribution in [3.8, 4) is 5.75 Å². The Morgan fingerprint density at radius 3 is 2.61 bits per heavy atom. The van der Waals surface area contributed by atoms with E-state index >= 15 is 0 Å². The number of imidazole rings is 1. The predicted octanol–water partition coefficient (Wildman–Crippen LogP) is 5.83. The van der Waals surface area contributed by atoms with Gasteiger partial charge in [0.1, 0.15) is 11.6 Å². The number of carbonyl (C=O) groups excluding carboxylic acids is 1. The van der Waals surface area contributed by atoms with Gasteiger partial charge >= 0.3 is 0 Å². The van der Waals surface area contributed by atoms with Gasteiger partial charge in [-0.25, -0.2) is 4.98 Å². The largest absolute Gasteiger partial charge is 0.493 e. The number of carbonyl (C=O) groups is 1. The third-order valence-corrected chi connectivity index (χ3v) is 5.94. The number of unbranched alkanes of at least 4 members (excludes halogenated alkanes) is 1. The summed E-state index contributed by atoms with van der Waals surface area (Å²) in [7, 11) is 0. The highest BCUT2D eigenvalue weighted by atomic mass is 35.5. The standard InChI is InChI=1S/C27H28ClN3O2/c1-20-10-2-7-15-25(20)33-19-9-8-18-31-24-14-6-5-13-23(24)30-26(31)16-17-29-27(32)21-11-3-4-12-22(21)28/h2-7,10-15H,8-9,16-19H2,1H3,(H,29,32). The summed E-state index contributed by atoms with van der Waals surface area (Å²) in [5.41, 5.74) is 3.73. The fourth-order valence-corrected chi connectivity index (χ4v) is 4.09. The van der Waals surface area contributed by atoms with Crippen LogP contribution in [-0.4, -0.2) is 28.6 Å². The highest BCUT2D eigenvalue weighted by Gasteiger charge is 2.12. The summed E-state index contributed by atoms with van der Waals surface area (Å²) in [5.74, 6) is 1.74. The van der Waals surface area contributed by atoms with Gasteiger partial charge in [0.2, 0.25) is 0 Å². The van der Waals surface area contributed by atoms with E-state index in [1.54, 1.807) is 12.1 Å². The van der Waals surface area contributed by atoms with Gasteiger partial charge in [0.25, 0.3) is 5.91 Å². The van der Waals surface area contributed by atoms with E-state index in [4.69, 9.17) is 21.3 Å². The van der Waals surface area contributed by atoms with Gasteiger partial charge in [-0.3, -0.25) is 4.79 Å². The maximum Gasteiger partial charge on any atom is 0.252 e. The third kappa shape index (κ3) is 5.74. The molecular formula is C27H28ClN3O2. The van der Waals surface area contributed by atoms with Crippen molar-refractivity contribution in [2.24, 2.45) is 0 Å². The molecule has 0 unspecified atom stereocenters. The molecule has 0 bridgehead atoms. The summed E-state index contributed by atoms with van der Waals surface area (Å²) < 4.78 is 8.19. The molecule has 0 spiro atoms. The number of para-hydroxylation sites is 3. The fraction of sp³-hybridized carbons (Fsp3) is 0.259. The van der Waals surface area contributed by atoms with Crippen molar-refractivity contribution in [1.29, 1.82) is 0 Å². The topological polar surface area (TPSA) is 56.1 Å². The van der Waals surface area contributed by atoms with E-state index in [-0.39, 0.29) is 5.91 Å². The van der Waals surface area contributed by atoms with E-state index in [0.29, 0.717) is 30.2 Å². The number of nitrogens with zero attached hydrogens (tertiary/aromatic N) is 2. The van der Waals surface area contributed by atoms with Gasteiger partial charge in [-0.15, -0.1) is 0 Å². The van der Waals surface area contributed by atoms with E-state index < -0.39 is 0 Å². The number of halogens is 1. The summed E-state index contributed by atoms with van der Waals surface area (Å²) >= 11 is 6.14. The minimum absolute atomic E-state index is 0.170. The molecule has 4 rings (SSSR count). The van der Waals surface area contributed by atoms with Crippen LogP contribution >= 0.6 is 11.6 Å². The van der Waals surface area contributed by atoms with Crippen molar-refractivity contribution in [2.75, 3.05) is 13.2 Å². The summed E-state index contributed by atoms with van der Waals surface area (Å²) in [5, 5.41) is 3.42. The number of hydrogen-bond acceptors (Lipinski definition) is 3. The van der Waals surface area contributed by atoms with Crippen LogP contribution < -0.4 is 10.1 Å². The van der Waals surface area contributed by atoms with E-state index in [9.17, 15) is 4.79 Å². The van der Waals surface area contributed by atoms with Gasteiger partial charge in [0.05, 0.1) is 28.2 Å². The molecular weight excluding hydrogens is 434 g/mol. The van der Waals surface area contributed by atoms with E-state index in [2.05, 4.69) is 28.9 Å². The SMILES string of the molecule is Cc1ccccc1OCCCCn1c(CCNC(=O)c2ccccc2Cl)nc2ccccc21. The Balaban J connectivity index is 1.35. The molecule has 5 nitrogen and oxygen atoms in total. The predicted molar refractivity (Wildman–Crippen MR) is 133 cm³/mol. The van der Waals surface area contributed by atoms with Crippen LogP contribution in [0.2, 0.25) is 5.02 Å². The molecule has 3 aromatic carbocycles. The molecule has 0 aliphatic rings. The second kappa shape index (κ2) is 11.0. The lowest BCUT2D eigenvalue weighted by atomic mass is 10.2. The molecule has 4 aromatic rings. The molecule has 0 fully saturated rings. The molecule has 1 aromatic heterocycles. The molecule has 33 heavy (non-hydrogen) atoms. The Kier molecular flexibility index (Phi) is 7.63. The fourth-order valence-electron chi connectivity index (χ4n) is 3.87. The van der Waals surface area contributed by atoms with Gasteiger partial charge in [-0.05, 0) is 55.7 Å². The summed E-state index contributed by atoms with van der Waals surface area (Å²) in [4.78, 5) is 17.3. The first kappa shape index (κ1) is 22.9. The first-order chi connectivity index (χ1) is 16.1. The lowest BCUT2D eigenvalue weighted by Gasteiger charge is -2.12. The number of benzene rings is 3. The third-order valence-electron chi connectivity index (χ3n) is 5.61. The molecule has 0 saturated heterocycles. The van der Waals surface area contributed by atoms with Crippen molar-refractivity contribution in [3.05, 3.63) is 94.8 Å². The lowest BCUT2D eigenvalue weighted by Crippen LogP contribution is -2.26. The summed E-state index contributed by atoms with van der Waals surface area (Å²) in [6, 6.07) is 23.3. The molecule has 0 aliphatic carbocycles. The number of hydrogen-bond donors (Lipinski definition) is 1. The number of rotatable bonds is 10. The van der Waals surface area contributed by atoms with Crippen LogP contribution in [0.3, 0.4) is 0 Å². The Morgan fingerprint density at radius 1 is 1.00 bits per heavy atom. The van der Waals surface area contributed by atoms with Gasteiger partial charge < -0.3 is 14.6 Å². The average Bonchev–Trinajstić information content (AvgIpc) is 3.17. The monoisotopic (exact) mass is 461 g/mol. The second-order valence-corrected chi connectivity index (χ2v) is 8.38. The maximum atomic E-state index is 12.5. The van der Waals surface area contributed by atoms with E-state index in [1.165, 1.54) is 0 Å². The molecule has 0 radical (unpaired) electrons. The van der Waals surface area contributed by atoms with Gasteiger partial charge in [0.15, 0.2) is 0 Å². The molecule has 1 N–H and O–H groups in total. The molecule has 170 valence electrons. The Labute approximate surface area is 199 Å². The number of fused-ring (bicyclic) bond motifs is 1. The average molecular weight is 462 g/mol. The highest BCUT2D eigenvalue weighted by molar-refractivity contribution is 6.33. The molecule has 6 heteroatoms. The second-order valence-electron chi connectivity index (χ2n) is 7.98. The van der Waals surface area contributed by atoms with Crippen molar-refractivity contribution in [2.45, 2.75) is 32.7 Å². The number of aryl methyl sites for hydroxylation is 2. The Morgan fingerprint density at radius 2 is 1.76 bits per heavy atom. The van der Waals surface area contributed by atoms with Gasteiger partial charge in [0, 0.05) is 19.5 Å². The van der Waals surface area contributed by atoms with Gasteiger partial charge in [-0.2, -0.15) is 0 Å². The van der Waals surface area contributed by atoms with Crippen LogP contribution in [0, 0.1) is 6.92 Å². The summed E-state index contributed by atoms with van der Waals surface area (Å²) in [6.07, 6.45) is 2.57. The quantitative estimate of drug-likeness (QED) is 0.302. The van der Waals surface area contributed by atoms with Crippen molar-refractivity contribution < 1.29 is 9.53 Å². The van der Waals surface area contributed by atoms with Crippen molar-refractivity contribution >= 4 is 28.5 Å². The zero-order chi connectivity index (χ0) is 23.0. The van der Waals surface area contributed by atoms with Crippen LogP contribution in [0.15, 0.2) is 72.8 Å². The number of nitrogens with one attached hydrogen (secondary N) is 1. The van der Waals surface area contributed by atoms with E-state index in [0.717, 1.165) is 47.6 Å². The lowest BCUT2D eigenvalue weighted by molar-refractivity contribution is 0.0954. The van der Waals surface area contributed by atoms with Crippen LogP contribution in [0.1, 0.15) is 34.6 Å².